The van der Waals surface area contributed by atoms with Gasteiger partial charge in [-0.1, -0.05) is 30.3 Å². The van der Waals surface area contributed by atoms with Gasteiger partial charge in [0.25, 0.3) is 15.9 Å². The minimum absolute atomic E-state index is 0.0236. The summed E-state index contributed by atoms with van der Waals surface area (Å²) in [5, 5.41) is 11.8. The highest BCUT2D eigenvalue weighted by Gasteiger charge is 2.49. The smallest absolute Gasteiger partial charge is 0.407 e. The summed E-state index contributed by atoms with van der Waals surface area (Å²) >= 11 is 0. The Labute approximate surface area is 170 Å². The number of carbonyl (C=O) groups excluding carboxylic acids is 1. The molecule has 2 heterocycles. The first-order valence-corrected chi connectivity index (χ1v) is 10.7. The highest BCUT2D eigenvalue weighted by Crippen LogP contribution is 2.38. The molecule has 29 heavy (non-hydrogen) atoms. The lowest BCUT2D eigenvalue weighted by Gasteiger charge is -2.36. The SMILES string of the molecule is CC(C)(C)N1C(=O)C(NCCOC2CN(C(=O)O)C2)=C(c2ccccc2)S1(=O)=O. The summed E-state index contributed by atoms with van der Waals surface area (Å²) in [5.41, 5.74) is -0.454. The number of ether oxygens (including phenoxy) is 1. The quantitative estimate of drug-likeness (QED) is 0.663. The Balaban J connectivity index is 1.76. The zero-order valence-electron chi connectivity index (χ0n) is 16.6. The molecule has 1 aromatic carbocycles. The van der Waals surface area contributed by atoms with Crippen LogP contribution in [0, 0.1) is 0 Å². The van der Waals surface area contributed by atoms with E-state index in [0.717, 1.165) is 4.31 Å². The lowest BCUT2D eigenvalue weighted by molar-refractivity contribution is -0.125. The highest BCUT2D eigenvalue weighted by atomic mass is 32.2. The van der Waals surface area contributed by atoms with Crippen molar-refractivity contribution in [3.8, 4) is 0 Å². The van der Waals surface area contributed by atoms with E-state index in [1.807, 2.05) is 0 Å². The monoisotopic (exact) mass is 423 g/mol. The summed E-state index contributed by atoms with van der Waals surface area (Å²) in [6, 6.07) is 8.51. The molecule has 2 amide bonds. The van der Waals surface area contributed by atoms with E-state index in [0.29, 0.717) is 18.7 Å². The van der Waals surface area contributed by atoms with Gasteiger partial charge in [-0.15, -0.1) is 0 Å². The minimum Gasteiger partial charge on any atom is -0.465 e. The largest absolute Gasteiger partial charge is 0.465 e. The lowest BCUT2D eigenvalue weighted by Crippen LogP contribution is -2.54. The van der Waals surface area contributed by atoms with Gasteiger partial charge < -0.3 is 20.1 Å². The van der Waals surface area contributed by atoms with Gasteiger partial charge in [-0.05, 0) is 26.3 Å². The van der Waals surface area contributed by atoms with Crippen molar-refractivity contribution in [2.75, 3.05) is 26.2 Å². The van der Waals surface area contributed by atoms with Gasteiger partial charge in [0.15, 0.2) is 0 Å². The van der Waals surface area contributed by atoms with Crippen LogP contribution < -0.4 is 5.32 Å². The van der Waals surface area contributed by atoms with Gasteiger partial charge in [0.2, 0.25) is 0 Å². The minimum atomic E-state index is -4.01. The summed E-state index contributed by atoms with van der Waals surface area (Å²) in [5.74, 6) is -0.600. The highest BCUT2D eigenvalue weighted by molar-refractivity contribution is 7.99. The number of amides is 2. The molecule has 0 spiro atoms. The van der Waals surface area contributed by atoms with Crippen LogP contribution in [0.2, 0.25) is 0 Å². The average molecular weight is 423 g/mol. The molecule has 3 rings (SSSR count). The number of nitrogens with one attached hydrogen (secondary N) is 1. The Morgan fingerprint density at radius 1 is 1.24 bits per heavy atom. The third-order valence-corrected chi connectivity index (χ3v) is 6.79. The van der Waals surface area contributed by atoms with E-state index in [-0.39, 0.29) is 29.9 Å². The van der Waals surface area contributed by atoms with Crippen LogP contribution in [0.15, 0.2) is 36.0 Å². The van der Waals surface area contributed by atoms with E-state index in [9.17, 15) is 18.0 Å². The fraction of sp³-hybridized carbons (Fsp3) is 0.474. The number of nitrogens with zero attached hydrogens (tertiary/aromatic N) is 2. The molecule has 2 N–H and O–H groups in total. The second-order valence-corrected chi connectivity index (χ2v) is 9.65. The Bertz CT molecular complexity index is 930. The van der Waals surface area contributed by atoms with Crippen LogP contribution in [0.3, 0.4) is 0 Å². The van der Waals surface area contributed by atoms with Crippen molar-refractivity contribution in [1.82, 2.24) is 14.5 Å². The van der Waals surface area contributed by atoms with Gasteiger partial charge in [-0.2, -0.15) is 0 Å². The van der Waals surface area contributed by atoms with Crippen molar-refractivity contribution in [3.63, 3.8) is 0 Å². The fourth-order valence-corrected chi connectivity index (χ4v) is 5.40. The van der Waals surface area contributed by atoms with Crippen molar-refractivity contribution in [2.45, 2.75) is 32.4 Å². The maximum atomic E-state index is 13.2. The maximum absolute atomic E-state index is 13.2. The number of hydrogen-bond acceptors (Lipinski definition) is 6. The third kappa shape index (κ3) is 4.08. The molecular weight excluding hydrogens is 398 g/mol. The maximum Gasteiger partial charge on any atom is 0.407 e. The average Bonchev–Trinajstić information content (AvgIpc) is 2.78. The summed E-state index contributed by atoms with van der Waals surface area (Å²) in [6.07, 6.45) is -1.17. The van der Waals surface area contributed by atoms with E-state index in [1.54, 1.807) is 51.1 Å². The molecule has 2 aliphatic rings. The Kier molecular flexibility index (Phi) is 5.59. The van der Waals surface area contributed by atoms with Crippen LogP contribution >= 0.6 is 0 Å². The zero-order chi connectivity index (χ0) is 21.4. The molecule has 0 aliphatic carbocycles. The standard InChI is InChI=1S/C19H25N3O6S/c1-19(2,3)22-17(23)15(16(29(22,26)27)13-7-5-4-6-8-13)20-9-10-28-14-11-21(12-14)18(24)25/h4-8,14,20H,9-12H2,1-3H3,(H,24,25). The van der Waals surface area contributed by atoms with E-state index < -0.39 is 27.6 Å². The second-order valence-electron chi connectivity index (χ2n) is 7.92. The van der Waals surface area contributed by atoms with Crippen LogP contribution in [0.25, 0.3) is 4.91 Å². The third-order valence-electron chi connectivity index (χ3n) is 4.64. The van der Waals surface area contributed by atoms with Gasteiger partial charge in [0, 0.05) is 6.54 Å². The van der Waals surface area contributed by atoms with Gasteiger partial charge in [0.1, 0.15) is 10.6 Å². The molecule has 0 saturated carbocycles. The first-order chi connectivity index (χ1) is 13.5. The van der Waals surface area contributed by atoms with Gasteiger partial charge >= 0.3 is 6.09 Å². The number of benzene rings is 1. The van der Waals surface area contributed by atoms with Crippen LogP contribution in [0.1, 0.15) is 26.3 Å². The number of likely N-dealkylation sites (tertiary alicyclic amines) is 1. The Morgan fingerprint density at radius 3 is 2.41 bits per heavy atom. The summed E-state index contributed by atoms with van der Waals surface area (Å²) in [6.45, 7) is 6.05. The van der Waals surface area contributed by atoms with Crippen molar-refractivity contribution < 1.29 is 27.9 Å². The summed E-state index contributed by atoms with van der Waals surface area (Å²) < 4.78 is 32.8. The molecule has 1 aromatic rings. The first-order valence-electron chi connectivity index (χ1n) is 9.26. The second kappa shape index (κ2) is 7.68. The number of sulfonamides is 1. The number of hydrogen-bond donors (Lipinski definition) is 2. The molecule has 2 aliphatic heterocycles. The lowest BCUT2D eigenvalue weighted by atomic mass is 10.1. The van der Waals surface area contributed by atoms with Crippen molar-refractivity contribution in [1.29, 1.82) is 0 Å². The molecule has 1 fully saturated rings. The Morgan fingerprint density at radius 2 is 1.86 bits per heavy atom. The zero-order valence-corrected chi connectivity index (χ0v) is 17.4. The molecule has 1 saturated heterocycles. The van der Waals surface area contributed by atoms with Crippen LogP contribution in [0.4, 0.5) is 4.79 Å². The molecule has 158 valence electrons. The fourth-order valence-electron chi connectivity index (χ4n) is 3.33. The molecule has 0 unspecified atom stereocenters. The molecule has 0 bridgehead atoms. The number of rotatable bonds is 6. The van der Waals surface area contributed by atoms with Gasteiger partial charge in [-0.3, -0.25) is 4.79 Å². The topological polar surface area (TPSA) is 116 Å². The summed E-state index contributed by atoms with van der Waals surface area (Å²) in [4.78, 5) is 24.9. The van der Waals surface area contributed by atoms with E-state index in [2.05, 4.69) is 5.32 Å². The van der Waals surface area contributed by atoms with Crippen LogP contribution in [-0.2, 0) is 19.6 Å². The van der Waals surface area contributed by atoms with Crippen molar-refractivity contribution in [2.24, 2.45) is 0 Å². The first kappa shape index (κ1) is 21.1. The number of carbonyl (C=O) groups is 2. The Hall–Kier alpha value is -2.59. The predicted molar refractivity (Wildman–Crippen MR) is 106 cm³/mol. The van der Waals surface area contributed by atoms with Crippen molar-refractivity contribution in [3.05, 3.63) is 41.6 Å². The van der Waals surface area contributed by atoms with Crippen LogP contribution in [-0.4, -0.2) is 72.6 Å². The van der Waals surface area contributed by atoms with E-state index >= 15 is 0 Å². The van der Waals surface area contributed by atoms with Crippen molar-refractivity contribution >= 4 is 26.9 Å². The number of carboxylic acid groups (broad SMARTS) is 1. The predicted octanol–water partition coefficient (Wildman–Crippen LogP) is 1.29. The molecule has 9 nitrogen and oxygen atoms in total. The van der Waals surface area contributed by atoms with E-state index in [1.165, 1.54) is 4.90 Å². The molecule has 0 aromatic heterocycles. The van der Waals surface area contributed by atoms with Crippen LogP contribution in [0.5, 0.6) is 0 Å². The normalized spacial score (nSPS) is 19.5. The summed E-state index contributed by atoms with van der Waals surface area (Å²) in [7, 11) is -4.01. The molecule has 0 atom stereocenters. The van der Waals surface area contributed by atoms with Gasteiger partial charge in [-0.25, -0.2) is 17.5 Å². The molecule has 0 radical (unpaired) electrons. The van der Waals surface area contributed by atoms with E-state index in [4.69, 9.17) is 9.84 Å². The van der Waals surface area contributed by atoms with Gasteiger partial charge in [0.05, 0.1) is 31.3 Å². The molecule has 10 heteroatoms. The molecular formula is C19H25N3O6S.